The lowest BCUT2D eigenvalue weighted by atomic mass is 9.98. The lowest BCUT2D eigenvalue weighted by molar-refractivity contribution is 0.615. The van der Waals surface area contributed by atoms with E-state index in [1.165, 1.54) is 12.1 Å². The van der Waals surface area contributed by atoms with E-state index in [0.29, 0.717) is 0 Å². The lowest BCUT2D eigenvalue weighted by Gasteiger charge is -2.11. The summed E-state index contributed by atoms with van der Waals surface area (Å²) >= 11 is 0. The highest BCUT2D eigenvalue weighted by Crippen LogP contribution is 2.28. The topological polar surface area (TPSA) is 26.0 Å². The van der Waals surface area contributed by atoms with Gasteiger partial charge in [-0.25, -0.2) is 8.78 Å². The highest BCUT2D eigenvalue weighted by Gasteiger charge is 2.12. The first-order valence-corrected chi connectivity index (χ1v) is 5.80. The summed E-state index contributed by atoms with van der Waals surface area (Å²) in [5, 5.41) is 0. The van der Waals surface area contributed by atoms with Crippen molar-refractivity contribution < 1.29 is 8.78 Å². The Bertz CT molecular complexity index is 577. The predicted molar refractivity (Wildman–Crippen MR) is 69.1 cm³/mol. The summed E-state index contributed by atoms with van der Waals surface area (Å²) in [5.74, 6) is -0.870. The summed E-state index contributed by atoms with van der Waals surface area (Å²) in [6.45, 7) is 3.65. The molecule has 1 unspecified atom stereocenters. The van der Waals surface area contributed by atoms with Crippen molar-refractivity contribution in [2.45, 2.75) is 19.9 Å². The van der Waals surface area contributed by atoms with Crippen LogP contribution < -0.4 is 5.73 Å². The molecule has 0 spiro atoms. The average Bonchev–Trinajstić information content (AvgIpc) is 2.33. The highest BCUT2D eigenvalue weighted by atomic mass is 19.1. The lowest BCUT2D eigenvalue weighted by Crippen LogP contribution is -2.05. The number of hydrogen-bond acceptors (Lipinski definition) is 1. The molecule has 94 valence electrons. The van der Waals surface area contributed by atoms with Crippen molar-refractivity contribution in [3.63, 3.8) is 0 Å². The second-order valence-corrected chi connectivity index (χ2v) is 4.51. The smallest absolute Gasteiger partial charge is 0.131 e. The van der Waals surface area contributed by atoms with Gasteiger partial charge in [-0.2, -0.15) is 0 Å². The molecule has 2 rings (SSSR count). The minimum atomic E-state index is -0.441. The molecule has 2 aromatic rings. The van der Waals surface area contributed by atoms with Crippen LogP contribution in [-0.2, 0) is 0 Å². The summed E-state index contributed by atoms with van der Waals surface area (Å²) in [6.07, 6.45) is 0. The molecule has 0 fully saturated rings. The predicted octanol–water partition coefficient (Wildman–Crippen LogP) is 3.96. The van der Waals surface area contributed by atoms with Crippen LogP contribution in [0.5, 0.6) is 0 Å². The second kappa shape index (κ2) is 4.86. The van der Waals surface area contributed by atoms with Crippen molar-refractivity contribution in [3.05, 3.63) is 59.2 Å². The van der Waals surface area contributed by atoms with Gasteiger partial charge in [-0.3, -0.25) is 0 Å². The van der Waals surface area contributed by atoms with Gasteiger partial charge in [-0.15, -0.1) is 0 Å². The van der Waals surface area contributed by atoms with Gasteiger partial charge < -0.3 is 5.73 Å². The van der Waals surface area contributed by atoms with Gasteiger partial charge in [-0.1, -0.05) is 17.7 Å². The summed E-state index contributed by atoms with van der Waals surface area (Å²) in [6, 6.07) is 9.00. The van der Waals surface area contributed by atoms with Gasteiger partial charge in [0.25, 0.3) is 0 Å². The number of rotatable bonds is 2. The SMILES string of the molecule is Cc1ccc(F)c(-c2cc(C(C)N)ccc2F)c1. The third-order valence-electron chi connectivity index (χ3n) is 2.93. The summed E-state index contributed by atoms with van der Waals surface area (Å²) < 4.78 is 27.6. The standard InChI is InChI=1S/C15H15F2N/c1-9-3-5-14(16)12(7-9)13-8-11(10(2)18)4-6-15(13)17/h3-8,10H,18H2,1-2H3. The molecular formula is C15H15F2N. The minimum Gasteiger partial charge on any atom is -0.324 e. The fraction of sp³-hybridized carbons (Fsp3) is 0.200. The molecule has 0 aliphatic heterocycles. The van der Waals surface area contributed by atoms with Crippen molar-refractivity contribution in [1.29, 1.82) is 0 Å². The summed E-state index contributed by atoms with van der Waals surface area (Å²) in [7, 11) is 0. The largest absolute Gasteiger partial charge is 0.324 e. The molecule has 0 saturated carbocycles. The third-order valence-corrected chi connectivity index (χ3v) is 2.93. The zero-order valence-electron chi connectivity index (χ0n) is 10.4. The van der Waals surface area contributed by atoms with Crippen molar-refractivity contribution >= 4 is 0 Å². The van der Waals surface area contributed by atoms with Gasteiger partial charge in [0, 0.05) is 17.2 Å². The molecular weight excluding hydrogens is 232 g/mol. The van der Waals surface area contributed by atoms with Gasteiger partial charge in [0.15, 0.2) is 0 Å². The molecule has 0 amide bonds. The van der Waals surface area contributed by atoms with E-state index in [0.717, 1.165) is 11.1 Å². The van der Waals surface area contributed by atoms with Crippen LogP contribution in [0.3, 0.4) is 0 Å². The monoisotopic (exact) mass is 247 g/mol. The number of aryl methyl sites for hydroxylation is 1. The van der Waals surface area contributed by atoms with E-state index in [9.17, 15) is 8.78 Å². The van der Waals surface area contributed by atoms with Crippen molar-refractivity contribution in [2.75, 3.05) is 0 Å². The van der Waals surface area contributed by atoms with Crippen LogP contribution in [-0.4, -0.2) is 0 Å². The minimum absolute atomic E-state index is 0.211. The quantitative estimate of drug-likeness (QED) is 0.854. The van der Waals surface area contributed by atoms with Gasteiger partial charge in [-0.05, 0) is 43.7 Å². The van der Waals surface area contributed by atoms with Crippen LogP contribution >= 0.6 is 0 Å². The van der Waals surface area contributed by atoms with Gasteiger partial charge in [0.2, 0.25) is 0 Å². The van der Waals surface area contributed by atoms with E-state index in [-0.39, 0.29) is 17.2 Å². The van der Waals surface area contributed by atoms with Crippen LogP contribution in [0, 0.1) is 18.6 Å². The average molecular weight is 247 g/mol. The molecule has 0 aliphatic rings. The molecule has 2 aromatic carbocycles. The highest BCUT2D eigenvalue weighted by molar-refractivity contribution is 5.66. The summed E-state index contributed by atoms with van der Waals surface area (Å²) in [5.41, 5.74) is 7.96. The Hall–Kier alpha value is -1.74. The van der Waals surface area contributed by atoms with Crippen LogP contribution in [0.15, 0.2) is 36.4 Å². The number of benzene rings is 2. The van der Waals surface area contributed by atoms with Gasteiger partial charge >= 0.3 is 0 Å². The van der Waals surface area contributed by atoms with E-state index in [1.807, 2.05) is 13.8 Å². The Morgan fingerprint density at radius 1 is 0.944 bits per heavy atom. The molecule has 0 aliphatic carbocycles. The van der Waals surface area contributed by atoms with Crippen molar-refractivity contribution in [3.8, 4) is 11.1 Å². The zero-order chi connectivity index (χ0) is 13.3. The van der Waals surface area contributed by atoms with Gasteiger partial charge in [0.05, 0.1) is 0 Å². The normalized spacial score (nSPS) is 12.5. The van der Waals surface area contributed by atoms with Crippen molar-refractivity contribution in [1.82, 2.24) is 0 Å². The van der Waals surface area contributed by atoms with E-state index in [4.69, 9.17) is 5.73 Å². The van der Waals surface area contributed by atoms with E-state index >= 15 is 0 Å². The maximum absolute atomic E-state index is 13.8. The molecule has 1 nitrogen and oxygen atoms in total. The Balaban J connectivity index is 2.62. The Morgan fingerprint density at radius 2 is 1.50 bits per heavy atom. The first kappa shape index (κ1) is 12.7. The fourth-order valence-corrected chi connectivity index (χ4v) is 1.88. The molecule has 0 saturated heterocycles. The third kappa shape index (κ3) is 2.41. The van der Waals surface area contributed by atoms with Crippen molar-refractivity contribution in [2.24, 2.45) is 5.73 Å². The number of halogens is 2. The maximum Gasteiger partial charge on any atom is 0.131 e. The molecule has 2 N–H and O–H groups in total. The molecule has 3 heteroatoms. The van der Waals surface area contributed by atoms with E-state index < -0.39 is 11.6 Å². The second-order valence-electron chi connectivity index (χ2n) is 4.51. The van der Waals surface area contributed by atoms with Crippen LogP contribution in [0.4, 0.5) is 8.78 Å². The summed E-state index contributed by atoms with van der Waals surface area (Å²) in [4.78, 5) is 0. The van der Waals surface area contributed by atoms with Crippen LogP contribution in [0.25, 0.3) is 11.1 Å². The first-order chi connectivity index (χ1) is 8.49. The van der Waals surface area contributed by atoms with Crippen LogP contribution in [0.1, 0.15) is 24.1 Å². The molecule has 1 atom stereocenters. The van der Waals surface area contributed by atoms with E-state index in [2.05, 4.69) is 0 Å². The Kier molecular flexibility index (Phi) is 3.43. The van der Waals surface area contributed by atoms with Gasteiger partial charge in [0.1, 0.15) is 11.6 Å². The zero-order valence-corrected chi connectivity index (χ0v) is 10.4. The molecule has 0 radical (unpaired) electrons. The molecule has 0 heterocycles. The molecule has 18 heavy (non-hydrogen) atoms. The molecule has 0 aromatic heterocycles. The number of nitrogens with two attached hydrogens (primary N) is 1. The maximum atomic E-state index is 13.8. The fourth-order valence-electron chi connectivity index (χ4n) is 1.88. The molecule has 0 bridgehead atoms. The Labute approximate surface area is 105 Å². The van der Waals surface area contributed by atoms with E-state index in [1.54, 1.807) is 24.3 Å². The first-order valence-electron chi connectivity index (χ1n) is 5.80. The Morgan fingerprint density at radius 3 is 2.11 bits per heavy atom. The van der Waals surface area contributed by atoms with Crippen LogP contribution in [0.2, 0.25) is 0 Å². The number of hydrogen-bond donors (Lipinski definition) is 1.